The van der Waals surface area contributed by atoms with Crippen LogP contribution in [0.5, 0.6) is 0 Å². The van der Waals surface area contributed by atoms with Gasteiger partial charge in [0.1, 0.15) is 6.61 Å². The van der Waals surface area contributed by atoms with Crippen LogP contribution in [0.4, 0.5) is 13.2 Å². The molecule has 0 bridgehead atoms. The summed E-state index contributed by atoms with van der Waals surface area (Å²) < 4.78 is 67.7. The van der Waals surface area contributed by atoms with E-state index in [-0.39, 0.29) is 23.1 Å². The summed E-state index contributed by atoms with van der Waals surface area (Å²) in [6.07, 6.45) is -1.79. The van der Waals surface area contributed by atoms with Crippen LogP contribution in [0.15, 0.2) is 29.2 Å². The van der Waals surface area contributed by atoms with Crippen LogP contribution in [0.2, 0.25) is 0 Å². The minimum atomic E-state index is -4.42. The lowest BCUT2D eigenvalue weighted by Crippen LogP contribution is -2.41. The van der Waals surface area contributed by atoms with E-state index >= 15 is 0 Å². The second-order valence-corrected chi connectivity index (χ2v) is 8.88. The molecule has 0 aliphatic carbocycles. The average Bonchev–Trinajstić information content (AvgIpc) is 2.61. The van der Waals surface area contributed by atoms with E-state index in [1.54, 1.807) is 0 Å². The Balaban J connectivity index is 1.96. The Kier molecular flexibility index (Phi) is 7.46. The first-order valence-corrected chi connectivity index (χ1v) is 10.5. The molecule has 0 saturated carbocycles. The summed E-state index contributed by atoms with van der Waals surface area (Å²) in [5, 5.41) is 2.52. The zero-order chi connectivity index (χ0) is 20.9. The number of piperidine rings is 1. The lowest BCUT2D eigenvalue weighted by Gasteiger charge is -2.32. The first kappa shape index (κ1) is 22.6. The molecular formula is C18H25F3N2O4S. The van der Waals surface area contributed by atoms with Crippen LogP contribution in [-0.2, 0) is 14.8 Å². The van der Waals surface area contributed by atoms with Crippen LogP contribution in [0.1, 0.15) is 43.5 Å². The van der Waals surface area contributed by atoms with Gasteiger partial charge in [0.2, 0.25) is 10.0 Å². The third-order valence-electron chi connectivity index (χ3n) is 4.48. The molecule has 10 heteroatoms. The Hall–Kier alpha value is -1.65. The lowest BCUT2D eigenvalue weighted by molar-refractivity contribution is -0.174. The summed E-state index contributed by atoms with van der Waals surface area (Å²) in [6, 6.07) is 4.82. The minimum absolute atomic E-state index is 0.0701. The smallest absolute Gasteiger partial charge is 0.370 e. The number of ether oxygens (including phenoxy) is 1. The molecule has 1 fully saturated rings. The number of hydrogen-bond acceptors (Lipinski definition) is 4. The van der Waals surface area contributed by atoms with E-state index in [2.05, 4.69) is 10.1 Å². The Bertz CT molecular complexity index is 766. The highest BCUT2D eigenvalue weighted by Gasteiger charge is 2.31. The van der Waals surface area contributed by atoms with Crippen molar-refractivity contribution in [2.24, 2.45) is 0 Å². The van der Waals surface area contributed by atoms with Gasteiger partial charge in [0, 0.05) is 24.2 Å². The molecule has 1 aliphatic rings. The van der Waals surface area contributed by atoms with E-state index in [9.17, 15) is 26.4 Å². The van der Waals surface area contributed by atoms with E-state index < -0.39 is 34.8 Å². The minimum Gasteiger partial charge on any atom is -0.370 e. The summed E-state index contributed by atoms with van der Waals surface area (Å²) in [7, 11) is -3.63. The molecule has 1 N–H and O–H groups in total. The number of benzene rings is 1. The molecule has 0 spiro atoms. The molecule has 1 aromatic carbocycles. The largest absolute Gasteiger partial charge is 0.411 e. The van der Waals surface area contributed by atoms with Crippen LogP contribution in [0.25, 0.3) is 0 Å². The highest BCUT2D eigenvalue weighted by Crippen LogP contribution is 2.25. The molecule has 158 valence electrons. The number of rotatable bonds is 7. The standard InChI is InChI=1S/C18H25F3N2O4S/c1-13(11-27-12-18(19,20)21)22-17(24)15-6-8-16(9-7-15)28(25,26)23-10-4-3-5-14(23)2/h6-9,13-14H,3-5,10-12H2,1-2H3,(H,22,24). The highest BCUT2D eigenvalue weighted by molar-refractivity contribution is 7.89. The summed E-state index contributed by atoms with van der Waals surface area (Å²) in [6.45, 7) is 2.20. The van der Waals surface area contributed by atoms with Gasteiger partial charge >= 0.3 is 6.18 Å². The number of carbonyl (C=O) groups excluding carboxylic acids is 1. The van der Waals surface area contributed by atoms with Crippen molar-refractivity contribution in [3.63, 3.8) is 0 Å². The first-order valence-electron chi connectivity index (χ1n) is 9.08. The van der Waals surface area contributed by atoms with Gasteiger partial charge in [-0.1, -0.05) is 6.42 Å². The normalized spacial score (nSPS) is 20.0. The highest BCUT2D eigenvalue weighted by atomic mass is 32.2. The predicted octanol–water partition coefficient (Wildman–Crippen LogP) is 2.95. The van der Waals surface area contributed by atoms with E-state index in [1.165, 1.54) is 35.5 Å². The monoisotopic (exact) mass is 422 g/mol. The third kappa shape index (κ3) is 6.18. The Labute approximate surface area is 163 Å². The predicted molar refractivity (Wildman–Crippen MR) is 97.4 cm³/mol. The van der Waals surface area contributed by atoms with Crippen molar-refractivity contribution in [2.45, 2.75) is 56.3 Å². The van der Waals surface area contributed by atoms with E-state index in [1.807, 2.05) is 6.92 Å². The maximum Gasteiger partial charge on any atom is 0.411 e. The van der Waals surface area contributed by atoms with Gasteiger partial charge in [-0.15, -0.1) is 0 Å². The number of hydrogen-bond donors (Lipinski definition) is 1. The summed E-state index contributed by atoms with van der Waals surface area (Å²) in [5.41, 5.74) is 0.216. The molecule has 2 rings (SSSR count). The van der Waals surface area contributed by atoms with Crippen molar-refractivity contribution in [1.29, 1.82) is 0 Å². The molecule has 0 radical (unpaired) electrons. The van der Waals surface area contributed by atoms with Crippen LogP contribution in [0, 0.1) is 0 Å². The van der Waals surface area contributed by atoms with Crippen molar-refractivity contribution in [2.75, 3.05) is 19.8 Å². The summed E-state index contributed by atoms with van der Waals surface area (Å²) >= 11 is 0. The van der Waals surface area contributed by atoms with Crippen LogP contribution >= 0.6 is 0 Å². The topological polar surface area (TPSA) is 75.7 Å². The van der Waals surface area contributed by atoms with Crippen LogP contribution in [0.3, 0.4) is 0 Å². The second-order valence-electron chi connectivity index (χ2n) is 6.99. The molecule has 6 nitrogen and oxygen atoms in total. The van der Waals surface area contributed by atoms with Crippen LogP contribution < -0.4 is 5.32 Å². The molecule has 1 heterocycles. The Morgan fingerprint density at radius 3 is 2.50 bits per heavy atom. The molecule has 1 saturated heterocycles. The Morgan fingerprint density at radius 2 is 1.93 bits per heavy atom. The lowest BCUT2D eigenvalue weighted by atomic mass is 10.1. The van der Waals surface area contributed by atoms with E-state index in [4.69, 9.17) is 0 Å². The van der Waals surface area contributed by atoms with Gasteiger partial charge in [-0.25, -0.2) is 8.42 Å². The summed E-state index contributed by atoms with van der Waals surface area (Å²) in [4.78, 5) is 12.3. The van der Waals surface area contributed by atoms with Crippen molar-refractivity contribution in [1.82, 2.24) is 9.62 Å². The number of alkyl halides is 3. The fraction of sp³-hybridized carbons (Fsp3) is 0.611. The molecule has 28 heavy (non-hydrogen) atoms. The zero-order valence-corrected chi connectivity index (χ0v) is 16.6. The fourth-order valence-electron chi connectivity index (χ4n) is 3.04. The maximum absolute atomic E-state index is 12.8. The fourth-order valence-corrected chi connectivity index (χ4v) is 4.74. The number of halogens is 3. The van der Waals surface area contributed by atoms with Crippen molar-refractivity contribution in [3.8, 4) is 0 Å². The van der Waals surface area contributed by atoms with Gasteiger partial charge in [0.15, 0.2) is 0 Å². The van der Waals surface area contributed by atoms with E-state index in [0.717, 1.165) is 19.3 Å². The quantitative estimate of drug-likeness (QED) is 0.733. The molecule has 1 amide bonds. The Morgan fingerprint density at radius 1 is 1.29 bits per heavy atom. The van der Waals surface area contributed by atoms with Crippen molar-refractivity contribution < 1.29 is 31.1 Å². The molecule has 1 aromatic rings. The summed E-state index contributed by atoms with van der Waals surface area (Å²) in [5.74, 6) is -0.515. The molecule has 1 aliphatic heterocycles. The number of carbonyl (C=O) groups is 1. The van der Waals surface area contributed by atoms with E-state index in [0.29, 0.717) is 6.54 Å². The van der Waals surface area contributed by atoms with Gasteiger partial charge in [0.25, 0.3) is 5.91 Å². The molecule has 2 atom stereocenters. The van der Waals surface area contributed by atoms with Crippen molar-refractivity contribution in [3.05, 3.63) is 29.8 Å². The van der Waals surface area contributed by atoms with Gasteiger partial charge in [-0.3, -0.25) is 4.79 Å². The van der Waals surface area contributed by atoms with Crippen LogP contribution in [-0.4, -0.2) is 56.6 Å². The van der Waals surface area contributed by atoms with Crippen molar-refractivity contribution >= 4 is 15.9 Å². The van der Waals surface area contributed by atoms with Gasteiger partial charge in [-0.05, 0) is 51.0 Å². The SMILES string of the molecule is CC(COCC(F)(F)F)NC(=O)c1ccc(S(=O)(=O)N2CCCCC2C)cc1. The molecule has 2 unspecified atom stereocenters. The second kappa shape index (κ2) is 9.23. The molecule has 0 aromatic heterocycles. The van der Waals surface area contributed by atoms with Gasteiger partial charge < -0.3 is 10.1 Å². The maximum atomic E-state index is 12.8. The molecular weight excluding hydrogens is 397 g/mol. The number of amides is 1. The first-order chi connectivity index (χ1) is 13.0. The van der Waals surface area contributed by atoms with Gasteiger partial charge in [0.05, 0.1) is 11.5 Å². The number of nitrogens with one attached hydrogen (secondary N) is 1. The average molecular weight is 422 g/mol. The number of nitrogens with zero attached hydrogens (tertiary/aromatic N) is 1. The number of sulfonamides is 1. The van der Waals surface area contributed by atoms with Gasteiger partial charge in [-0.2, -0.15) is 17.5 Å². The zero-order valence-electron chi connectivity index (χ0n) is 15.8. The third-order valence-corrected chi connectivity index (χ3v) is 6.50.